The maximum atomic E-state index is 14.5. The molecule has 0 unspecified atom stereocenters. The maximum Gasteiger partial charge on any atom is 0.326 e. The Labute approximate surface area is 388 Å². The molecule has 5 amide bonds. The molecule has 2 aromatic carbocycles. The minimum atomic E-state index is -1.39. The highest BCUT2D eigenvalue weighted by molar-refractivity contribution is 5.94. The van der Waals surface area contributed by atoms with Gasteiger partial charge in [0.2, 0.25) is 29.5 Å². The van der Waals surface area contributed by atoms with Crippen molar-refractivity contribution in [1.82, 2.24) is 36.1 Å². The Balaban J connectivity index is 1.32. The molecule has 2 aliphatic rings. The molecular weight excluding hydrogens is 867 g/mol. The minimum Gasteiger partial charge on any atom is -0.497 e. The molecule has 8 atom stereocenters. The number of carboxylic acid groups (broad SMARTS) is 2. The molecule has 0 bridgehead atoms. The van der Waals surface area contributed by atoms with E-state index in [0.29, 0.717) is 56.4 Å². The van der Waals surface area contributed by atoms with E-state index >= 15 is 0 Å². The molecule has 2 heterocycles. The van der Waals surface area contributed by atoms with Gasteiger partial charge in [0.05, 0.1) is 25.9 Å². The van der Waals surface area contributed by atoms with Crippen molar-refractivity contribution in [2.75, 3.05) is 26.7 Å². The van der Waals surface area contributed by atoms with Gasteiger partial charge in [-0.1, -0.05) is 42.5 Å². The third-order valence-corrected chi connectivity index (χ3v) is 12.2. The highest BCUT2D eigenvalue weighted by Gasteiger charge is 2.41. The number of hydrogen-bond acceptors (Lipinski definition) is 11. The molecule has 67 heavy (non-hydrogen) atoms. The van der Waals surface area contributed by atoms with Crippen molar-refractivity contribution in [2.24, 2.45) is 39.9 Å². The van der Waals surface area contributed by atoms with Crippen LogP contribution in [0.3, 0.4) is 0 Å². The Kier molecular flexibility index (Phi) is 19.0. The summed E-state index contributed by atoms with van der Waals surface area (Å²) >= 11 is 0. The average molecular weight is 930 g/mol. The monoisotopic (exact) mass is 929 g/mol. The summed E-state index contributed by atoms with van der Waals surface area (Å²) in [5, 5.41) is 30.3. The topological polar surface area (TPSA) is 340 Å². The summed E-state index contributed by atoms with van der Waals surface area (Å²) in [5.74, 6) is -5.64. The number of carbonyl (C=O) groups excluding carboxylic acids is 5. The number of aliphatic imine (C=N–C) groups is 1. The van der Waals surface area contributed by atoms with Crippen molar-refractivity contribution < 1.29 is 48.5 Å². The van der Waals surface area contributed by atoms with Gasteiger partial charge in [0.1, 0.15) is 29.9 Å². The van der Waals surface area contributed by atoms with E-state index in [-0.39, 0.29) is 62.6 Å². The molecule has 3 aromatic rings. The van der Waals surface area contributed by atoms with Crippen LogP contribution >= 0.6 is 0 Å². The number of methoxy groups -OCH3 is 1. The summed E-state index contributed by atoms with van der Waals surface area (Å²) in [4.78, 5) is 105. The van der Waals surface area contributed by atoms with Crippen LogP contribution in [0.2, 0.25) is 0 Å². The number of amides is 5. The van der Waals surface area contributed by atoms with E-state index in [0.717, 1.165) is 11.1 Å². The highest BCUT2D eigenvalue weighted by Crippen LogP contribution is 2.36. The van der Waals surface area contributed by atoms with Crippen LogP contribution in [0.25, 0.3) is 0 Å². The summed E-state index contributed by atoms with van der Waals surface area (Å²) in [6.07, 6.45) is 5.70. The number of rotatable bonds is 24. The second-order valence-corrected chi connectivity index (χ2v) is 17.3. The molecule has 2 fully saturated rings. The molecule has 1 saturated carbocycles. The van der Waals surface area contributed by atoms with Gasteiger partial charge in [-0.15, -0.1) is 0 Å². The number of aliphatic carboxylic acids is 2. The van der Waals surface area contributed by atoms with Crippen molar-refractivity contribution in [3.05, 3.63) is 83.9 Å². The van der Waals surface area contributed by atoms with Gasteiger partial charge in [-0.05, 0) is 86.5 Å². The van der Waals surface area contributed by atoms with E-state index in [1.54, 1.807) is 43.6 Å². The van der Waals surface area contributed by atoms with Gasteiger partial charge in [-0.3, -0.25) is 33.8 Å². The van der Waals surface area contributed by atoms with Crippen molar-refractivity contribution in [2.45, 2.75) is 101 Å². The summed E-state index contributed by atoms with van der Waals surface area (Å²) in [6, 6.07) is 10.7. The van der Waals surface area contributed by atoms with E-state index in [1.165, 1.54) is 11.2 Å². The quantitative estimate of drug-likeness (QED) is 0.0321. The van der Waals surface area contributed by atoms with Gasteiger partial charge in [0.15, 0.2) is 5.96 Å². The van der Waals surface area contributed by atoms with Gasteiger partial charge in [-0.25, -0.2) is 9.78 Å². The van der Waals surface area contributed by atoms with Crippen molar-refractivity contribution >= 4 is 47.4 Å². The summed E-state index contributed by atoms with van der Waals surface area (Å²) in [6.45, 7) is 0.524. The van der Waals surface area contributed by atoms with Crippen LogP contribution in [0.15, 0.2) is 72.1 Å². The molecule has 0 spiro atoms. The lowest BCUT2D eigenvalue weighted by Crippen LogP contribution is -2.57. The zero-order chi connectivity index (χ0) is 48.5. The highest BCUT2D eigenvalue weighted by atomic mass is 16.5. The molecule has 1 saturated heterocycles. The first-order chi connectivity index (χ1) is 32.1. The second kappa shape index (κ2) is 25.0. The molecule has 362 valence electrons. The lowest BCUT2D eigenvalue weighted by atomic mass is 9.72. The van der Waals surface area contributed by atoms with Crippen molar-refractivity contribution in [1.29, 1.82) is 0 Å². The fourth-order valence-electron chi connectivity index (χ4n) is 8.83. The van der Waals surface area contributed by atoms with Crippen LogP contribution in [-0.2, 0) is 52.8 Å². The van der Waals surface area contributed by atoms with Gasteiger partial charge >= 0.3 is 11.9 Å². The van der Waals surface area contributed by atoms with Crippen molar-refractivity contribution in [3.63, 3.8) is 0 Å². The zero-order valence-electron chi connectivity index (χ0n) is 37.6. The van der Waals surface area contributed by atoms with Crippen LogP contribution < -0.4 is 43.2 Å². The number of nitrogens with zero attached hydrogens (tertiary/aromatic N) is 3. The van der Waals surface area contributed by atoms with E-state index < -0.39 is 78.1 Å². The zero-order valence-corrected chi connectivity index (χ0v) is 37.6. The second-order valence-electron chi connectivity index (χ2n) is 17.3. The summed E-state index contributed by atoms with van der Waals surface area (Å²) < 4.78 is 5.34. The molecule has 21 heteroatoms. The van der Waals surface area contributed by atoms with Crippen LogP contribution in [0.4, 0.5) is 0 Å². The maximum absolute atomic E-state index is 14.5. The molecule has 1 aliphatic carbocycles. The van der Waals surface area contributed by atoms with Crippen LogP contribution in [0, 0.1) is 17.8 Å². The van der Waals surface area contributed by atoms with Gasteiger partial charge in [0.25, 0.3) is 0 Å². The number of guanidine groups is 1. The van der Waals surface area contributed by atoms with Crippen LogP contribution in [0.5, 0.6) is 5.75 Å². The number of aromatic nitrogens is 2. The third-order valence-electron chi connectivity index (χ3n) is 12.2. The molecule has 5 rings (SSSR count). The lowest BCUT2D eigenvalue weighted by Gasteiger charge is -2.36. The Bertz CT molecular complexity index is 2170. The minimum absolute atomic E-state index is 0.0321. The number of hydrogen-bond donors (Lipinski definition) is 10. The fraction of sp³-hybridized carbons (Fsp3) is 0.500. The lowest BCUT2D eigenvalue weighted by molar-refractivity contribution is -0.145. The van der Waals surface area contributed by atoms with Gasteiger partial charge in [-0.2, -0.15) is 0 Å². The smallest absolute Gasteiger partial charge is 0.326 e. The third kappa shape index (κ3) is 15.8. The van der Waals surface area contributed by atoms with Gasteiger partial charge < -0.3 is 63.3 Å². The van der Waals surface area contributed by atoms with Crippen LogP contribution in [0.1, 0.15) is 68.2 Å². The Morgan fingerprint density at radius 3 is 2.24 bits per heavy atom. The number of nitrogens with one attached hydrogen (secondary N) is 5. The Morgan fingerprint density at radius 2 is 1.58 bits per heavy atom. The van der Waals surface area contributed by atoms with E-state index in [4.69, 9.17) is 27.0 Å². The van der Waals surface area contributed by atoms with Crippen LogP contribution in [-0.4, -0.2) is 129 Å². The van der Waals surface area contributed by atoms with Gasteiger partial charge in [0, 0.05) is 50.3 Å². The van der Waals surface area contributed by atoms with Crippen molar-refractivity contribution in [3.8, 4) is 5.75 Å². The molecule has 0 radical (unpaired) electrons. The number of imidazole rings is 1. The standard InChI is InChI=1S/C46H63N11O10/c1-67-33-13-11-28(12-14-33)17-29-18-30(24-52-42(62)35(9-5-15-51-46(48)49)54-41(61)34(47)23-39(58)59)20-31(19-29)40(60)55-36(22-32-25-50-26-53-32)44(64)57-16-6-10-38(57)43(63)56-37(45(65)66)21-27-7-3-2-4-8-27/h2-4,7-8,11-14,25-26,29-31,34-38H,5-6,9-10,15-24,47H2,1H3,(H,50,53)(H,52,62)(H,54,61)(H,55,60)(H,56,63)(H,58,59)(H,65,66)(H4,48,49,51)/t29-,30+,31-,34-,35-,36-,37-,38-/m0/s1. The number of carbonyl (C=O) groups is 7. The summed E-state index contributed by atoms with van der Waals surface area (Å²) in [5.41, 5.74) is 19.0. The number of ether oxygens (including phenoxy) is 1. The molecule has 13 N–H and O–H groups in total. The largest absolute Gasteiger partial charge is 0.497 e. The number of aromatic amines is 1. The average Bonchev–Trinajstić information content (AvgIpc) is 4.02. The molecule has 21 nitrogen and oxygen atoms in total. The molecule has 1 aliphatic heterocycles. The molecule has 1 aromatic heterocycles. The summed E-state index contributed by atoms with van der Waals surface area (Å²) in [7, 11) is 1.58. The predicted molar refractivity (Wildman–Crippen MR) is 245 cm³/mol. The number of likely N-dealkylation sites (tertiary alicyclic amines) is 1. The first kappa shape index (κ1) is 51.0. The number of nitrogens with two attached hydrogens (primary N) is 3. The first-order valence-corrected chi connectivity index (χ1v) is 22.5. The van der Waals surface area contributed by atoms with E-state index in [1.807, 2.05) is 24.3 Å². The number of carboxylic acids is 2. The predicted octanol–water partition coefficient (Wildman–Crippen LogP) is -0.0195. The fourth-order valence-corrected chi connectivity index (χ4v) is 8.83. The molecular formula is C46H63N11O10. The number of H-pyrrole nitrogens is 1. The SMILES string of the molecule is COc1ccc(C[C@H]2C[C@@H](CNC(=O)[C@H](CCCN=C(N)N)NC(=O)[C@@H](N)CC(=O)O)C[C@@H](C(=O)N[C@@H](Cc3cnc[nH]3)C(=O)N3CCC[C@H]3C(=O)N[C@@H](Cc3ccccc3)C(=O)O)C2)cc1. The van der Waals surface area contributed by atoms with E-state index in [9.17, 15) is 38.7 Å². The normalized spacial score (nSPS) is 19.7. The Morgan fingerprint density at radius 1 is 0.866 bits per heavy atom. The first-order valence-electron chi connectivity index (χ1n) is 22.5. The Hall–Kier alpha value is -7.03. The number of benzene rings is 2. The van der Waals surface area contributed by atoms with E-state index in [2.05, 4.69) is 36.2 Å².